The van der Waals surface area contributed by atoms with Gasteiger partial charge < -0.3 is 15.7 Å². The van der Waals surface area contributed by atoms with Crippen LogP contribution in [0.2, 0.25) is 0 Å². The van der Waals surface area contributed by atoms with Gasteiger partial charge in [0.25, 0.3) is 0 Å². The number of rotatable bonds is 6. The number of hydrogen-bond donors (Lipinski definition) is 3. The van der Waals surface area contributed by atoms with E-state index in [0.29, 0.717) is 18.5 Å². The van der Waals surface area contributed by atoms with Gasteiger partial charge in [-0.1, -0.05) is 26.0 Å². The lowest BCUT2D eigenvalue weighted by Gasteiger charge is -2.41. The van der Waals surface area contributed by atoms with Crippen LogP contribution in [-0.2, 0) is 14.4 Å². The van der Waals surface area contributed by atoms with Gasteiger partial charge in [-0.3, -0.25) is 9.59 Å². The number of carboxylic acid groups (broad SMARTS) is 1. The standard InChI is InChI=1S/C18H22N2O4/c1-12(2)16(23)20-18(10-3-11-18)17(24)19-14-7-4-13(5-8-14)6-9-15(21)22/h4-9,12H,3,10-11H2,1-2H3,(H,19,24)(H,20,23)(H,21,22)/b9-6+. The van der Waals surface area contributed by atoms with Crippen LogP contribution in [0.5, 0.6) is 0 Å². The van der Waals surface area contributed by atoms with Gasteiger partial charge in [-0.15, -0.1) is 0 Å². The fourth-order valence-corrected chi connectivity index (χ4v) is 2.42. The highest BCUT2D eigenvalue weighted by molar-refractivity contribution is 6.01. The van der Waals surface area contributed by atoms with E-state index in [-0.39, 0.29) is 17.7 Å². The lowest BCUT2D eigenvalue weighted by atomic mass is 9.75. The zero-order valence-electron chi connectivity index (χ0n) is 13.8. The van der Waals surface area contributed by atoms with E-state index in [4.69, 9.17) is 5.11 Å². The summed E-state index contributed by atoms with van der Waals surface area (Å²) in [6.07, 6.45) is 4.71. The third-order valence-corrected chi connectivity index (χ3v) is 4.12. The lowest BCUT2D eigenvalue weighted by Crippen LogP contribution is -2.61. The Morgan fingerprint density at radius 2 is 1.79 bits per heavy atom. The summed E-state index contributed by atoms with van der Waals surface area (Å²) in [4.78, 5) is 35.0. The summed E-state index contributed by atoms with van der Waals surface area (Å²) in [6.45, 7) is 3.59. The van der Waals surface area contributed by atoms with Crippen molar-refractivity contribution in [1.29, 1.82) is 0 Å². The quantitative estimate of drug-likeness (QED) is 0.698. The highest BCUT2D eigenvalue weighted by atomic mass is 16.4. The molecule has 6 nitrogen and oxygen atoms in total. The normalized spacial score (nSPS) is 15.8. The van der Waals surface area contributed by atoms with Gasteiger partial charge in [0.05, 0.1) is 0 Å². The number of amides is 2. The zero-order valence-corrected chi connectivity index (χ0v) is 13.8. The third kappa shape index (κ3) is 4.22. The fraction of sp³-hybridized carbons (Fsp3) is 0.389. The zero-order chi connectivity index (χ0) is 17.7. The minimum atomic E-state index is -1.01. The minimum Gasteiger partial charge on any atom is -0.478 e. The third-order valence-electron chi connectivity index (χ3n) is 4.12. The lowest BCUT2D eigenvalue weighted by molar-refractivity contribution is -0.135. The van der Waals surface area contributed by atoms with E-state index in [1.54, 1.807) is 38.1 Å². The molecule has 0 bridgehead atoms. The van der Waals surface area contributed by atoms with Gasteiger partial charge in [-0.2, -0.15) is 0 Å². The molecule has 1 aliphatic carbocycles. The maximum absolute atomic E-state index is 12.6. The largest absolute Gasteiger partial charge is 0.478 e. The molecule has 1 saturated carbocycles. The van der Waals surface area contributed by atoms with Crippen LogP contribution in [0.25, 0.3) is 6.08 Å². The summed E-state index contributed by atoms with van der Waals surface area (Å²) in [6, 6.07) is 6.84. The van der Waals surface area contributed by atoms with Crippen molar-refractivity contribution in [3.8, 4) is 0 Å². The van der Waals surface area contributed by atoms with Crippen molar-refractivity contribution in [3.63, 3.8) is 0 Å². The van der Waals surface area contributed by atoms with Crippen LogP contribution >= 0.6 is 0 Å². The molecule has 24 heavy (non-hydrogen) atoms. The Balaban J connectivity index is 2.02. The second kappa shape index (κ2) is 7.29. The van der Waals surface area contributed by atoms with Gasteiger partial charge in [-0.05, 0) is 43.0 Å². The minimum absolute atomic E-state index is 0.126. The van der Waals surface area contributed by atoms with Crippen molar-refractivity contribution < 1.29 is 19.5 Å². The molecule has 0 heterocycles. The van der Waals surface area contributed by atoms with Gasteiger partial charge in [0, 0.05) is 17.7 Å². The predicted molar refractivity (Wildman–Crippen MR) is 91.3 cm³/mol. The first kappa shape index (κ1) is 17.7. The van der Waals surface area contributed by atoms with Crippen LogP contribution in [0.3, 0.4) is 0 Å². The smallest absolute Gasteiger partial charge is 0.328 e. The van der Waals surface area contributed by atoms with Crippen LogP contribution in [0.1, 0.15) is 38.7 Å². The van der Waals surface area contributed by atoms with Crippen LogP contribution in [-0.4, -0.2) is 28.4 Å². The van der Waals surface area contributed by atoms with Crippen molar-refractivity contribution in [2.75, 3.05) is 5.32 Å². The van der Waals surface area contributed by atoms with E-state index in [1.807, 2.05) is 0 Å². The van der Waals surface area contributed by atoms with Crippen LogP contribution < -0.4 is 10.6 Å². The van der Waals surface area contributed by atoms with E-state index < -0.39 is 11.5 Å². The average Bonchev–Trinajstić information content (AvgIpc) is 2.49. The van der Waals surface area contributed by atoms with Crippen molar-refractivity contribution in [2.45, 2.75) is 38.6 Å². The topological polar surface area (TPSA) is 95.5 Å². The Labute approximate surface area is 140 Å². The molecule has 2 amide bonds. The molecule has 1 aromatic carbocycles. The van der Waals surface area contributed by atoms with Gasteiger partial charge in [0.2, 0.25) is 11.8 Å². The summed E-state index contributed by atoms with van der Waals surface area (Å²) in [7, 11) is 0. The van der Waals surface area contributed by atoms with E-state index in [0.717, 1.165) is 18.1 Å². The summed E-state index contributed by atoms with van der Waals surface area (Å²) in [5.41, 5.74) is 0.517. The highest BCUT2D eigenvalue weighted by Crippen LogP contribution is 2.33. The molecular formula is C18H22N2O4. The summed E-state index contributed by atoms with van der Waals surface area (Å²) in [5, 5.41) is 14.3. The van der Waals surface area contributed by atoms with E-state index in [9.17, 15) is 14.4 Å². The number of carbonyl (C=O) groups excluding carboxylic acids is 2. The average molecular weight is 330 g/mol. The Kier molecular flexibility index (Phi) is 5.39. The molecule has 128 valence electrons. The monoisotopic (exact) mass is 330 g/mol. The summed E-state index contributed by atoms with van der Waals surface area (Å²) < 4.78 is 0. The molecule has 0 saturated heterocycles. The van der Waals surface area contributed by atoms with Crippen molar-refractivity contribution in [2.24, 2.45) is 5.92 Å². The van der Waals surface area contributed by atoms with Gasteiger partial charge in [0.15, 0.2) is 0 Å². The van der Waals surface area contributed by atoms with Gasteiger partial charge >= 0.3 is 5.97 Å². The predicted octanol–water partition coefficient (Wildman–Crippen LogP) is 2.42. The highest BCUT2D eigenvalue weighted by Gasteiger charge is 2.45. The maximum Gasteiger partial charge on any atom is 0.328 e. The number of hydrogen-bond acceptors (Lipinski definition) is 3. The van der Waals surface area contributed by atoms with Crippen LogP contribution in [0.15, 0.2) is 30.3 Å². The molecule has 1 aliphatic rings. The first-order valence-corrected chi connectivity index (χ1v) is 7.97. The van der Waals surface area contributed by atoms with Crippen molar-refractivity contribution in [1.82, 2.24) is 5.32 Å². The number of carbonyl (C=O) groups is 3. The molecule has 0 unspecified atom stereocenters. The maximum atomic E-state index is 12.6. The van der Waals surface area contributed by atoms with Crippen molar-refractivity contribution >= 4 is 29.5 Å². The molecule has 0 aromatic heterocycles. The molecular weight excluding hydrogens is 308 g/mol. The van der Waals surface area contributed by atoms with Crippen molar-refractivity contribution in [3.05, 3.63) is 35.9 Å². The molecule has 0 spiro atoms. The second-order valence-electron chi connectivity index (χ2n) is 6.33. The van der Waals surface area contributed by atoms with Crippen LogP contribution in [0.4, 0.5) is 5.69 Å². The summed E-state index contributed by atoms with van der Waals surface area (Å²) in [5.74, 6) is -1.52. The van der Waals surface area contributed by atoms with E-state index in [2.05, 4.69) is 10.6 Å². The number of nitrogens with one attached hydrogen (secondary N) is 2. The number of anilines is 1. The molecule has 0 atom stereocenters. The Morgan fingerprint density at radius 1 is 1.17 bits per heavy atom. The number of benzene rings is 1. The van der Waals surface area contributed by atoms with Gasteiger partial charge in [-0.25, -0.2) is 4.79 Å². The molecule has 1 fully saturated rings. The van der Waals surface area contributed by atoms with Gasteiger partial charge in [0.1, 0.15) is 5.54 Å². The first-order valence-electron chi connectivity index (χ1n) is 7.97. The van der Waals surface area contributed by atoms with Crippen LogP contribution in [0, 0.1) is 5.92 Å². The number of aliphatic carboxylic acids is 1. The molecule has 0 radical (unpaired) electrons. The van der Waals surface area contributed by atoms with E-state index >= 15 is 0 Å². The Bertz CT molecular complexity index is 658. The molecule has 3 N–H and O–H groups in total. The molecule has 1 aromatic rings. The first-order chi connectivity index (χ1) is 11.3. The Morgan fingerprint density at radius 3 is 2.25 bits per heavy atom. The van der Waals surface area contributed by atoms with E-state index in [1.165, 1.54) is 6.08 Å². The number of carboxylic acids is 1. The summed E-state index contributed by atoms with van der Waals surface area (Å²) >= 11 is 0. The Hall–Kier alpha value is -2.63. The molecule has 2 rings (SSSR count). The SMILES string of the molecule is CC(C)C(=O)NC1(C(=O)Nc2ccc(/C=C/C(=O)O)cc2)CCC1. The molecule has 0 aliphatic heterocycles. The fourth-order valence-electron chi connectivity index (χ4n) is 2.42. The molecule has 6 heteroatoms. The second-order valence-corrected chi connectivity index (χ2v) is 6.33.